The summed E-state index contributed by atoms with van der Waals surface area (Å²) in [4.78, 5) is 15.4. The number of fused-ring (bicyclic) bond motifs is 1. The standard InChI is InChI=1S/C15H12N4O2/c1-10-14(18-17-12-5-3-2-4-6-12)19-9-11(15(20)21)7-8-13(19)16-10/h2-9H,1H3,(H,20,21). The summed E-state index contributed by atoms with van der Waals surface area (Å²) in [6.45, 7) is 1.81. The van der Waals surface area contributed by atoms with Crippen molar-refractivity contribution in [1.29, 1.82) is 0 Å². The third-order valence-electron chi connectivity index (χ3n) is 3.02. The van der Waals surface area contributed by atoms with E-state index in [1.54, 1.807) is 10.5 Å². The minimum Gasteiger partial charge on any atom is -0.478 e. The maximum absolute atomic E-state index is 11.1. The highest BCUT2D eigenvalue weighted by Crippen LogP contribution is 2.23. The largest absolute Gasteiger partial charge is 0.478 e. The van der Waals surface area contributed by atoms with Crippen molar-refractivity contribution in [3.8, 4) is 0 Å². The van der Waals surface area contributed by atoms with E-state index in [1.165, 1.54) is 12.3 Å². The predicted molar refractivity (Wildman–Crippen MR) is 77.5 cm³/mol. The minimum absolute atomic E-state index is 0.177. The molecule has 0 radical (unpaired) electrons. The maximum atomic E-state index is 11.1. The first kappa shape index (κ1) is 13.0. The SMILES string of the molecule is Cc1nc2ccc(C(=O)O)cn2c1N=Nc1ccccc1. The zero-order valence-corrected chi connectivity index (χ0v) is 11.3. The fraction of sp³-hybridized carbons (Fsp3) is 0.0667. The van der Waals surface area contributed by atoms with Crippen LogP contribution in [0.1, 0.15) is 16.1 Å². The molecule has 3 aromatic rings. The normalized spacial score (nSPS) is 11.3. The monoisotopic (exact) mass is 280 g/mol. The Bertz CT molecular complexity index is 838. The Morgan fingerprint density at radius 3 is 2.62 bits per heavy atom. The molecule has 1 N–H and O–H groups in total. The van der Waals surface area contributed by atoms with Crippen molar-refractivity contribution in [1.82, 2.24) is 9.38 Å². The summed E-state index contributed by atoms with van der Waals surface area (Å²) in [7, 11) is 0. The number of carbonyl (C=O) groups is 1. The van der Waals surface area contributed by atoms with Crippen LogP contribution in [0.2, 0.25) is 0 Å². The van der Waals surface area contributed by atoms with Crippen molar-refractivity contribution >= 4 is 23.1 Å². The van der Waals surface area contributed by atoms with E-state index in [0.29, 0.717) is 17.2 Å². The van der Waals surface area contributed by atoms with Gasteiger partial charge in [0.15, 0.2) is 5.82 Å². The van der Waals surface area contributed by atoms with Gasteiger partial charge in [0, 0.05) is 6.20 Å². The predicted octanol–water partition coefficient (Wildman–Crippen LogP) is 3.76. The van der Waals surface area contributed by atoms with Gasteiger partial charge in [-0.3, -0.25) is 4.40 Å². The first-order chi connectivity index (χ1) is 10.1. The van der Waals surface area contributed by atoms with Gasteiger partial charge in [0.25, 0.3) is 0 Å². The number of hydrogen-bond donors (Lipinski definition) is 1. The number of aromatic nitrogens is 2. The van der Waals surface area contributed by atoms with Gasteiger partial charge in [0.1, 0.15) is 5.65 Å². The molecular formula is C15H12N4O2. The Labute approximate surface area is 120 Å². The summed E-state index contributed by atoms with van der Waals surface area (Å²) in [5.74, 6) is -0.467. The van der Waals surface area contributed by atoms with Crippen LogP contribution in [0, 0.1) is 6.92 Å². The van der Waals surface area contributed by atoms with E-state index in [1.807, 2.05) is 37.3 Å². The van der Waals surface area contributed by atoms with E-state index < -0.39 is 5.97 Å². The van der Waals surface area contributed by atoms with Crippen molar-refractivity contribution in [2.24, 2.45) is 10.2 Å². The summed E-state index contributed by atoms with van der Waals surface area (Å²) in [6, 6.07) is 12.5. The van der Waals surface area contributed by atoms with Gasteiger partial charge in [-0.05, 0) is 31.2 Å². The fourth-order valence-electron chi connectivity index (χ4n) is 2.00. The van der Waals surface area contributed by atoms with E-state index in [4.69, 9.17) is 5.11 Å². The molecule has 3 rings (SSSR count). The first-order valence-corrected chi connectivity index (χ1v) is 6.34. The molecule has 21 heavy (non-hydrogen) atoms. The number of imidazole rings is 1. The number of rotatable bonds is 3. The second-order valence-electron chi connectivity index (χ2n) is 4.51. The van der Waals surface area contributed by atoms with Crippen LogP contribution in [-0.2, 0) is 0 Å². The molecule has 2 heterocycles. The lowest BCUT2D eigenvalue weighted by Gasteiger charge is -1.99. The van der Waals surface area contributed by atoms with Gasteiger partial charge in [-0.25, -0.2) is 9.78 Å². The van der Waals surface area contributed by atoms with Gasteiger partial charge >= 0.3 is 5.97 Å². The average molecular weight is 280 g/mol. The lowest BCUT2D eigenvalue weighted by atomic mass is 10.3. The summed E-state index contributed by atoms with van der Waals surface area (Å²) in [6.07, 6.45) is 1.50. The Balaban J connectivity index is 2.09. The highest BCUT2D eigenvalue weighted by Gasteiger charge is 2.11. The average Bonchev–Trinajstić information content (AvgIpc) is 2.80. The number of benzene rings is 1. The van der Waals surface area contributed by atoms with Crippen LogP contribution in [0.25, 0.3) is 5.65 Å². The molecule has 6 heteroatoms. The van der Waals surface area contributed by atoms with Crippen molar-refractivity contribution in [3.63, 3.8) is 0 Å². The summed E-state index contributed by atoms with van der Waals surface area (Å²) in [5, 5.41) is 17.4. The molecule has 0 amide bonds. The zero-order chi connectivity index (χ0) is 14.8. The Morgan fingerprint density at radius 1 is 1.14 bits per heavy atom. The van der Waals surface area contributed by atoms with Crippen LogP contribution in [0.5, 0.6) is 0 Å². The molecule has 2 aromatic heterocycles. The van der Waals surface area contributed by atoms with Crippen LogP contribution in [0.4, 0.5) is 11.5 Å². The van der Waals surface area contributed by atoms with Crippen molar-refractivity contribution in [2.45, 2.75) is 6.92 Å². The summed E-state index contributed by atoms with van der Waals surface area (Å²) in [5.41, 5.74) is 2.23. The van der Waals surface area contributed by atoms with Crippen LogP contribution < -0.4 is 0 Å². The minimum atomic E-state index is -0.991. The van der Waals surface area contributed by atoms with Gasteiger partial charge in [0.05, 0.1) is 16.9 Å². The summed E-state index contributed by atoms with van der Waals surface area (Å²) >= 11 is 0. The third-order valence-corrected chi connectivity index (χ3v) is 3.02. The fourth-order valence-corrected chi connectivity index (χ4v) is 2.00. The number of azo groups is 1. The van der Waals surface area contributed by atoms with E-state index in [0.717, 1.165) is 5.69 Å². The molecular weight excluding hydrogens is 268 g/mol. The maximum Gasteiger partial charge on any atom is 0.337 e. The van der Waals surface area contributed by atoms with Crippen molar-refractivity contribution in [3.05, 3.63) is 59.9 Å². The molecule has 0 aliphatic rings. The number of aryl methyl sites for hydroxylation is 1. The molecule has 0 unspecified atom stereocenters. The highest BCUT2D eigenvalue weighted by molar-refractivity contribution is 5.87. The second-order valence-corrected chi connectivity index (χ2v) is 4.51. The van der Waals surface area contributed by atoms with Crippen LogP contribution >= 0.6 is 0 Å². The molecule has 0 fully saturated rings. The zero-order valence-electron chi connectivity index (χ0n) is 11.3. The Kier molecular flexibility index (Phi) is 3.19. The van der Waals surface area contributed by atoms with Gasteiger partial charge in [0.2, 0.25) is 0 Å². The smallest absolute Gasteiger partial charge is 0.337 e. The van der Waals surface area contributed by atoms with E-state index in [-0.39, 0.29) is 5.56 Å². The molecule has 0 saturated heterocycles. The van der Waals surface area contributed by atoms with E-state index >= 15 is 0 Å². The highest BCUT2D eigenvalue weighted by atomic mass is 16.4. The molecule has 0 bridgehead atoms. The van der Waals surface area contributed by atoms with Crippen molar-refractivity contribution < 1.29 is 9.90 Å². The lowest BCUT2D eigenvalue weighted by Crippen LogP contribution is -1.98. The van der Waals surface area contributed by atoms with Crippen molar-refractivity contribution in [2.75, 3.05) is 0 Å². The van der Waals surface area contributed by atoms with Crippen LogP contribution in [-0.4, -0.2) is 20.5 Å². The topological polar surface area (TPSA) is 79.3 Å². The number of hydrogen-bond acceptors (Lipinski definition) is 4. The molecule has 0 aliphatic heterocycles. The quantitative estimate of drug-likeness (QED) is 0.742. The van der Waals surface area contributed by atoms with Gasteiger partial charge in [-0.1, -0.05) is 18.2 Å². The number of nitrogens with zero attached hydrogens (tertiary/aromatic N) is 4. The second kappa shape index (κ2) is 5.16. The molecule has 104 valence electrons. The molecule has 0 aliphatic carbocycles. The molecule has 0 saturated carbocycles. The number of pyridine rings is 1. The number of aromatic carboxylic acids is 1. The molecule has 1 aromatic carbocycles. The molecule has 0 atom stereocenters. The van der Waals surface area contributed by atoms with E-state index in [2.05, 4.69) is 15.2 Å². The van der Waals surface area contributed by atoms with E-state index in [9.17, 15) is 4.79 Å². The Morgan fingerprint density at radius 2 is 1.90 bits per heavy atom. The van der Waals surface area contributed by atoms with Gasteiger partial charge in [-0.2, -0.15) is 0 Å². The third kappa shape index (κ3) is 2.51. The lowest BCUT2D eigenvalue weighted by molar-refractivity contribution is 0.0696. The molecule has 0 spiro atoms. The number of carboxylic acids is 1. The van der Waals surface area contributed by atoms with Gasteiger partial charge < -0.3 is 5.11 Å². The summed E-state index contributed by atoms with van der Waals surface area (Å²) < 4.78 is 1.63. The van der Waals surface area contributed by atoms with Crippen LogP contribution in [0.3, 0.4) is 0 Å². The van der Waals surface area contributed by atoms with Crippen LogP contribution in [0.15, 0.2) is 58.9 Å². The first-order valence-electron chi connectivity index (χ1n) is 6.34. The Hall–Kier alpha value is -3.02. The van der Waals surface area contributed by atoms with Gasteiger partial charge in [-0.15, -0.1) is 10.2 Å². The number of carboxylic acid groups (broad SMARTS) is 1. The molecule has 6 nitrogen and oxygen atoms in total.